The molecule has 4 amide bonds. The smallest absolute Gasteiger partial charge is 0.336 e. The maximum Gasteiger partial charge on any atom is 0.336 e. The largest absolute Gasteiger partial charge is 0.428 e. The van der Waals surface area contributed by atoms with Crippen molar-refractivity contribution in [2.45, 2.75) is 57.8 Å². The van der Waals surface area contributed by atoms with Crippen molar-refractivity contribution in [2.75, 3.05) is 19.7 Å². The number of rotatable bonds is 13. The summed E-state index contributed by atoms with van der Waals surface area (Å²) in [7, 11) is 0. The van der Waals surface area contributed by atoms with Crippen molar-refractivity contribution in [1.29, 1.82) is 10.5 Å². The minimum Gasteiger partial charge on any atom is -0.428 e. The van der Waals surface area contributed by atoms with Crippen LogP contribution in [0.3, 0.4) is 0 Å². The van der Waals surface area contributed by atoms with Gasteiger partial charge in [0.05, 0.1) is 6.07 Å². The van der Waals surface area contributed by atoms with Crippen LogP contribution in [0.2, 0.25) is 0 Å². The predicted molar refractivity (Wildman–Crippen MR) is 82.9 cm³/mol. The van der Waals surface area contributed by atoms with Crippen molar-refractivity contribution in [3.8, 4) is 12.3 Å². The Morgan fingerprint density at radius 3 is 1.83 bits per heavy atom. The lowest BCUT2D eigenvalue weighted by molar-refractivity contribution is 0.103. The summed E-state index contributed by atoms with van der Waals surface area (Å²) in [6, 6.07) is 1.71. The molecule has 0 bridgehead atoms. The fraction of sp³-hybridized carbons (Fsp3) is 0.750. The Kier molecular flexibility index (Phi) is 9.23. The summed E-state index contributed by atoms with van der Waals surface area (Å²) in [5, 5.41) is 16.6. The summed E-state index contributed by atoms with van der Waals surface area (Å²) in [5.41, 5.74) is 0. The molecule has 0 aromatic rings. The van der Waals surface area contributed by atoms with Gasteiger partial charge in [0, 0.05) is 19.5 Å². The molecule has 126 valence electrons. The second-order valence-electron chi connectivity index (χ2n) is 5.54. The van der Waals surface area contributed by atoms with Gasteiger partial charge in [0.25, 0.3) is 6.26 Å². The van der Waals surface area contributed by atoms with Gasteiger partial charge in [0.15, 0.2) is 0 Å². The standard InChI is InChI=1S/C16H24N4O3/c17-10-6-2-1-3-7-11-19-15(21)20(16(19)22)12-8-4-5-9-13-23-14-18/h1-9,11-13H2. The maximum absolute atomic E-state index is 11.9. The van der Waals surface area contributed by atoms with E-state index < -0.39 is 0 Å². The number of hydrogen-bond donors (Lipinski definition) is 0. The van der Waals surface area contributed by atoms with E-state index in [-0.39, 0.29) is 12.1 Å². The first-order valence-electron chi connectivity index (χ1n) is 8.23. The Labute approximate surface area is 137 Å². The number of ether oxygens (including phenoxy) is 1. The first-order valence-corrected chi connectivity index (χ1v) is 8.23. The zero-order valence-electron chi connectivity index (χ0n) is 13.5. The highest BCUT2D eigenvalue weighted by atomic mass is 16.5. The molecule has 7 heteroatoms. The number of nitrogens with zero attached hydrogens (tertiary/aromatic N) is 4. The van der Waals surface area contributed by atoms with Gasteiger partial charge >= 0.3 is 12.1 Å². The van der Waals surface area contributed by atoms with Gasteiger partial charge in [-0.1, -0.05) is 19.3 Å². The number of carbonyl (C=O) groups excluding carboxylic acids is 2. The number of urea groups is 2. The lowest BCUT2D eigenvalue weighted by atomic mass is 10.1. The van der Waals surface area contributed by atoms with Crippen LogP contribution in [-0.4, -0.2) is 41.6 Å². The Morgan fingerprint density at radius 1 is 0.783 bits per heavy atom. The van der Waals surface area contributed by atoms with Crippen LogP contribution < -0.4 is 0 Å². The van der Waals surface area contributed by atoms with Crippen molar-refractivity contribution >= 4 is 12.1 Å². The van der Waals surface area contributed by atoms with E-state index in [9.17, 15) is 9.59 Å². The molecule has 1 saturated heterocycles. The van der Waals surface area contributed by atoms with Gasteiger partial charge in [0.2, 0.25) is 0 Å². The van der Waals surface area contributed by atoms with Gasteiger partial charge in [0.1, 0.15) is 6.61 Å². The van der Waals surface area contributed by atoms with Gasteiger partial charge in [-0.2, -0.15) is 10.5 Å². The molecular weight excluding hydrogens is 296 g/mol. The monoisotopic (exact) mass is 320 g/mol. The third kappa shape index (κ3) is 6.56. The fourth-order valence-corrected chi connectivity index (χ4v) is 2.46. The Bertz CT molecular complexity index is 451. The second kappa shape index (κ2) is 11.3. The van der Waals surface area contributed by atoms with Gasteiger partial charge in [-0.05, 0) is 32.1 Å². The van der Waals surface area contributed by atoms with E-state index in [0.29, 0.717) is 26.1 Å². The third-order valence-electron chi connectivity index (χ3n) is 3.79. The van der Waals surface area contributed by atoms with E-state index in [2.05, 4.69) is 10.8 Å². The first-order chi connectivity index (χ1) is 11.2. The van der Waals surface area contributed by atoms with Crippen molar-refractivity contribution in [2.24, 2.45) is 0 Å². The number of imide groups is 2. The van der Waals surface area contributed by atoms with E-state index in [1.165, 1.54) is 9.80 Å². The number of unbranched alkanes of at least 4 members (excludes halogenated alkanes) is 7. The molecule has 1 aliphatic heterocycles. The van der Waals surface area contributed by atoms with Crippen LogP contribution in [0.1, 0.15) is 57.8 Å². The minimum atomic E-state index is -0.195. The maximum atomic E-state index is 11.9. The molecular formula is C16H24N4O3. The van der Waals surface area contributed by atoms with Gasteiger partial charge in [-0.25, -0.2) is 19.4 Å². The molecule has 0 N–H and O–H groups in total. The van der Waals surface area contributed by atoms with E-state index in [1.54, 1.807) is 6.26 Å². The summed E-state index contributed by atoms with van der Waals surface area (Å²) in [4.78, 5) is 26.3. The molecule has 0 aromatic carbocycles. The molecule has 0 spiro atoms. The van der Waals surface area contributed by atoms with E-state index in [0.717, 1.165) is 51.4 Å². The molecule has 0 saturated carbocycles. The zero-order valence-corrected chi connectivity index (χ0v) is 13.5. The Balaban J connectivity index is 2.04. The molecule has 1 fully saturated rings. The molecule has 1 heterocycles. The molecule has 0 aromatic heterocycles. The van der Waals surface area contributed by atoms with Crippen molar-refractivity contribution < 1.29 is 14.3 Å². The average molecular weight is 320 g/mol. The summed E-state index contributed by atoms with van der Waals surface area (Å²) >= 11 is 0. The third-order valence-corrected chi connectivity index (χ3v) is 3.79. The number of amides is 4. The Morgan fingerprint density at radius 2 is 1.30 bits per heavy atom. The highest BCUT2D eigenvalue weighted by Gasteiger charge is 2.42. The van der Waals surface area contributed by atoms with Crippen LogP contribution in [0, 0.1) is 22.8 Å². The Hall–Kier alpha value is -2.28. The molecule has 0 atom stereocenters. The predicted octanol–water partition coefficient (Wildman–Crippen LogP) is 3.38. The van der Waals surface area contributed by atoms with Crippen LogP contribution in [0.25, 0.3) is 0 Å². The summed E-state index contributed by atoms with van der Waals surface area (Å²) in [6.07, 6.45) is 9.19. The highest BCUT2D eigenvalue weighted by Crippen LogP contribution is 2.18. The van der Waals surface area contributed by atoms with Crippen LogP contribution in [0.5, 0.6) is 0 Å². The summed E-state index contributed by atoms with van der Waals surface area (Å²) in [6.45, 7) is 1.38. The fourth-order valence-electron chi connectivity index (χ4n) is 2.46. The summed E-state index contributed by atoms with van der Waals surface area (Å²) < 4.78 is 4.57. The van der Waals surface area contributed by atoms with Crippen LogP contribution in [-0.2, 0) is 4.74 Å². The van der Waals surface area contributed by atoms with Gasteiger partial charge < -0.3 is 4.74 Å². The lowest BCUT2D eigenvalue weighted by Gasteiger charge is -2.39. The first kappa shape index (κ1) is 18.8. The molecule has 1 aliphatic rings. The normalized spacial score (nSPS) is 13.5. The molecule has 23 heavy (non-hydrogen) atoms. The minimum absolute atomic E-state index is 0.195. The average Bonchev–Trinajstić information content (AvgIpc) is 2.56. The molecule has 0 unspecified atom stereocenters. The topological polar surface area (TPSA) is 97.4 Å². The molecule has 1 rings (SSSR count). The summed E-state index contributed by atoms with van der Waals surface area (Å²) in [5.74, 6) is 0. The quantitative estimate of drug-likeness (QED) is 0.383. The van der Waals surface area contributed by atoms with E-state index >= 15 is 0 Å². The molecule has 0 radical (unpaired) electrons. The highest BCUT2D eigenvalue weighted by molar-refractivity contribution is 6.11. The van der Waals surface area contributed by atoms with Crippen molar-refractivity contribution in [3.05, 3.63) is 0 Å². The number of hydrogen-bond acceptors (Lipinski definition) is 5. The van der Waals surface area contributed by atoms with Crippen molar-refractivity contribution in [1.82, 2.24) is 9.80 Å². The zero-order chi connectivity index (χ0) is 16.9. The molecule has 0 aliphatic carbocycles. The molecule has 7 nitrogen and oxygen atoms in total. The van der Waals surface area contributed by atoms with E-state index in [4.69, 9.17) is 10.5 Å². The van der Waals surface area contributed by atoms with Gasteiger partial charge in [-0.3, -0.25) is 0 Å². The number of carbonyl (C=O) groups is 2. The second-order valence-corrected chi connectivity index (χ2v) is 5.54. The SMILES string of the molecule is N#CCCCCCCN1C(=O)N(CCCCCCOC#N)C1=O. The number of nitriles is 2. The van der Waals surface area contributed by atoms with Crippen LogP contribution in [0.15, 0.2) is 0 Å². The lowest BCUT2D eigenvalue weighted by Crippen LogP contribution is -2.64. The van der Waals surface area contributed by atoms with Crippen LogP contribution >= 0.6 is 0 Å². The van der Waals surface area contributed by atoms with Crippen molar-refractivity contribution in [3.63, 3.8) is 0 Å². The van der Waals surface area contributed by atoms with Crippen LogP contribution in [0.4, 0.5) is 9.59 Å². The van der Waals surface area contributed by atoms with E-state index in [1.807, 2.05) is 0 Å². The van der Waals surface area contributed by atoms with Gasteiger partial charge in [-0.15, -0.1) is 0 Å².